The van der Waals surface area contributed by atoms with Gasteiger partial charge in [-0.2, -0.15) is 8.42 Å². The maximum atomic E-state index is 12.8. The molecular formula is C27H37N3O3S. The van der Waals surface area contributed by atoms with Crippen molar-refractivity contribution in [3.8, 4) is 17.0 Å². The molecule has 6 nitrogen and oxygen atoms in total. The molecule has 0 aliphatic heterocycles. The van der Waals surface area contributed by atoms with Gasteiger partial charge in [0.25, 0.3) is 0 Å². The Hall–Kier alpha value is -2.54. The number of hydrogen-bond acceptors (Lipinski definition) is 5. The lowest BCUT2D eigenvalue weighted by Gasteiger charge is -2.24. The minimum absolute atomic E-state index is 0.0335. The van der Waals surface area contributed by atoms with E-state index in [0.29, 0.717) is 23.8 Å². The monoisotopic (exact) mass is 483 g/mol. The lowest BCUT2D eigenvalue weighted by atomic mass is 9.95. The lowest BCUT2D eigenvalue weighted by Crippen LogP contribution is -2.23. The summed E-state index contributed by atoms with van der Waals surface area (Å²) >= 11 is 0. The van der Waals surface area contributed by atoms with Crippen LogP contribution < -0.4 is 9.50 Å². The molecule has 0 unspecified atom stereocenters. The maximum Gasteiger partial charge on any atom is 0.309 e. The zero-order valence-electron chi connectivity index (χ0n) is 20.2. The average molecular weight is 484 g/mol. The van der Waals surface area contributed by atoms with E-state index in [4.69, 9.17) is 9.17 Å². The fourth-order valence-corrected chi connectivity index (χ4v) is 5.79. The zero-order chi connectivity index (χ0) is 23.8. The first-order valence-corrected chi connectivity index (χ1v) is 14.4. The van der Waals surface area contributed by atoms with Crippen molar-refractivity contribution in [3.05, 3.63) is 48.7 Å². The van der Waals surface area contributed by atoms with Gasteiger partial charge in [0.2, 0.25) is 0 Å². The van der Waals surface area contributed by atoms with Gasteiger partial charge in [0, 0.05) is 17.8 Å². The van der Waals surface area contributed by atoms with Gasteiger partial charge in [-0.15, -0.1) is 0 Å². The molecule has 0 bridgehead atoms. The Bertz CT molecular complexity index is 1170. The minimum atomic E-state index is -3.68. The number of anilines is 1. The van der Waals surface area contributed by atoms with Crippen molar-refractivity contribution in [2.45, 2.75) is 83.6 Å². The number of para-hydroxylation sites is 1. The normalized spacial score (nSPS) is 15.0. The van der Waals surface area contributed by atoms with Crippen LogP contribution in [0.15, 0.2) is 48.7 Å². The van der Waals surface area contributed by atoms with Crippen LogP contribution in [0.5, 0.6) is 5.75 Å². The van der Waals surface area contributed by atoms with E-state index in [1.54, 1.807) is 6.07 Å². The molecule has 1 N–H and O–H groups in total. The van der Waals surface area contributed by atoms with Crippen molar-refractivity contribution >= 4 is 21.6 Å². The number of aromatic nitrogens is 2. The Balaban J connectivity index is 1.57. The molecule has 4 rings (SSSR count). The first-order valence-electron chi connectivity index (χ1n) is 12.8. The Morgan fingerprint density at radius 2 is 1.71 bits per heavy atom. The van der Waals surface area contributed by atoms with Crippen LogP contribution >= 0.6 is 0 Å². The molecular weight excluding hydrogens is 446 g/mol. The largest absolute Gasteiger partial charge is 0.382 e. The molecule has 1 aliphatic rings. The molecule has 0 saturated heterocycles. The molecule has 2 heterocycles. The highest BCUT2D eigenvalue weighted by molar-refractivity contribution is 7.87. The quantitative estimate of drug-likeness (QED) is 0.226. The second-order valence-electron chi connectivity index (χ2n) is 9.33. The number of imidazole rings is 1. The first-order chi connectivity index (χ1) is 16.6. The Labute approximate surface area is 203 Å². The van der Waals surface area contributed by atoms with Crippen molar-refractivity contribution in [1.82, 2.24) is 9.38 Å². The number of rotatable bonds is 12. The van der Waals surface area contributed by atoms with E-state index in [2.05, 4.69) is 12.2 Å². The highest BCUT2D eigenvalue weighted by Crippen LogP contribution is 2.37. The van der Waals surface area contributed by atoms with E-state index in [-0.39, 0.29) is 5.75 Å². The second kappa shape index (κ2) is 11.7. The molecule has 0 atom stereocenters. The molecule has 1 aliphatic carbocycles. The van der Waals surface area contributed by atoms with Gasteiger partial charge in [-0.05, 0) is 43.5 Å². The van der Waals surface area contributed by atoms with Gasteiger partial charge in [0.15, 0.2) is 5.75 Å². The highest BCUT2D eigenvalue weighted by Gasteiger charge is 2.23. The summed E-state index contributed by atoms with van der Waals surface area (Å²) in [4.78, 5) is 4.87. The molecule has 1 aromatic carbocycles. The maximum absolute atomic E-state index is 12.8. The number of unbranched alkanes of at least 4 members (excludes halogenated alkanes) is 5. The van der Waals surface area contributed by atoms with Gasteiger partial charge in [-0.1, -0.05) is 76.5 Å². The molecule has 0 spiro atoms. The number of nitrogens with zero attached hydrogens (tertiary/aromatic N) is 2. The van der Waals surface area contributed by atoms with Crippen LogP contribution in [0, 0.1) is 0 Å². The average Bonchev–Trinajstić information content (AvgIpc) is 3.20. The third-order valence-corrected chi connectivity index (χ3v) is 7.80. The summed E-state index contributed by atoms with van der Waals surface area (Å²) in [5, 5.41) is 3.72. The summed E-state index contributed by atoms with van der Waals surface area (Å²) in [6.45, 7) is 2.18. The Morgan fingerprint density at radius 1 is 0.971 bits per heavy atom. The van der Waals surface area contributed by atoms with Crippen LogP contribution in [0.1, 0.15) is 77.6 Å². The summed E-state index contributed by atoms with van der Waals surface area (Å²) in [5.41, 5.74) is 2.23. The van der Waals surface area contributed by atoms with Gasteiger partial charge in [-0.25, -0.2) is 4.98 Å². The van der Waals surface area contributed by atoms with Crippen molar-refractivity contribution in [3.63, 3.8) is 0 Å². The van der Waals surface area contributed by atoms with E-state index in [9.17, 15) is 8.42 Å². The van der Waals surface area contributed by atoms with E-state index in [0.717, 1.165) is 49.3 Å². The van der Waals surface area contributed by atoms with Gasteiger partial charge in [0.05, 0.1) is 5.75 Å². The topological polar surface area (TPSA) is 72.7 Å². The number of benzene rings is 1. The predicted octanol–water partition coefficient (Wildman–Crippen LogP) is 6.82. The van der Waals surface area contributed by atoms with Crippen LogP contribution in [0.4, 0.5) is 5.82 Å². The van der Waals surface area contributed by atoms with E-state index in [1.807, 2.05) is 47.0 Å². The highest BCUT2D eigenvalue weighted by atomic mass is 32.2. The third-order valence-electron chi connectivity index (χ3n) is 6.58. The molecule has 7 heteroatoms. The van der Waals surface area contributed by atoms with Crippen molar-refractivity contribution < 1.29 is 12.6 Å². The molecule has 1 fully saturated rings. The fourth-order valence-electron chi connectivity index (χ4n) is 4.73. The van der Waals surface area contributed by atoms with E-state index >= 15 is 0 Å². The van der Waals surface area contributed by atoms with Gasteiger partial charge in [-0.3, -0.25) is 4.40 Å². The third kappa shape index (κ3) is 6.32. The van der Waals surface area contributed by atoms with Crippen LogP contribution in [-0.2, 0) is 10.1 Å². The smallest absolute Gasteiger partial charge is 0.309 e. The SMILES string of the molecule is CCCCCCCCS(=O)(=O)Oc1ccccc1-c1nc2ccccn2c1NC1CCCCC1. The molecule has 2 aromatic heterocycles. The summed E-state index contributed by atoms with van der Waals surface area (Å²) in [6.07, 6.45) is 14.1. The second-order valence-corrected chi connectivity index (χ2v) is 11.0. The van der Waals surface area contributed by atoms with E-state index < -0.39 is 10.1 Å². The summed E-state index contributed by atoms with van der Waals surface area (Å²) in [6, 6.07) is 13.6. The number of fused-ring (bicyclic) bond motifs is 1. The molecule has 0 amide bonds. The molecule has 34 heavy (non-hydrogen) atoms. The van der Waals surface area contributed by atoms with Gasteiger partial charge in [0.1, 0.15) is 17.2 Å². The van der Waals surface area contributed by atoms with Crippen molar-refractivity contribution in [1.29, 1.82) is 0 Å². The zero-order valence-corrected chi connectivity index (χ0v) is 21.0. The number of hydrogen-bond donors (Lipinski definition) is 1. The Kier molecular flexibility index (Phi) is 8.48. The van der Waals surface area contributed by atoms with Crippen LogP contribution in [0.2, 0.25) is 0 Å². The summed E-state index contributed by atoms with van der Waals surface area (Å²) in [7, 11) is -3.68. The van der Waals surface area contributed by atoms with E-state index in [1.165, 1.54) is 32.1 Å². The molecule has 184 valence electrons. The fraction of sp³-hybridized carbons (Fsp3) is 0.519. The summed E-state index contributed by atoms with van der Waals surface area (Å²) < 4.78 is 33.3. The van der Waals surface area contributed by atoms with Crippen LogP contribution in [0.25, 0.3) is 16.9 Å². The summed E-state index contributed by atoms with van der Waals surface area (Å²) in [5.74, 6) is 1.27. The number of nitrogens with one attached hydrogen (secondary N) is 1. The van der Waals surface area contributed by atoms with Crippen molar-refractivity contribution in [2.75, 3.05) is 11.1 Å². The van der Waals surface area contributed by atoms with Crippen LogP contribution in [-0.4, -0.2) is 29.6 Å². The predicted molar refractivity (Wildman–Crippen MR) is 139 cm³/mol. The van der Waals surface area contributed by atoms with Gasteiger partial charge < -0.3 is 9.50 Å². The minimum Gasteiger partial charge on any atom is -0.382 e. The lowest BCUT2D eigenvalue weighted by molar-refractivity contribution is 0.461. The molecule has 1 saturated carbocycles. The Morgan fingerprint density at radius 3 is 2.53 bits per heavy atom. The molecule has 3 aromatic rings. The standard InChI is InChI=1S/C27H37N3O3S/c1-2-3-4-5-6-14-21-34(31,32)33-24-18-11-10-17-23(24)26-27(28-22-15-8-7-9-16-22)30-20-13-12-19-25(30)29-26/h10-13,17-20,22,28H,2-9,14-16,21H2,1H3. The number of pyridine rings is 1. The molecule has 0 radical (unpaired) electrons. The van der Waals surface area contributed by atoms with Crippen LogP contribution in [0.3, 0.4) is 0 Å². The first kappa shape index (κ1) is 24.6. The van der Waals surface area contributed by atoms with Crippen molar-refractivity contribution in [2.24, 2.45) is 0 Å². The van der Waals surface area contributed by atoms with Gasteiger partial charge >= 0.3 is 10.1 Å².